The van der Waals surface area contributed by atoms with E-state index in [9.17, 15) is 5.26 Å². The monoisotopic (exact) mass is 330 g/mol. The van der Waals surface area contributed by atoms with Crippen LogP contribution in [-0.2, 0) is 11.2 Å². The highest BCUT2D eigenvalue weighted by Crippen LogP contribution is 2.47. The molecule has 1 unspecified atom stereocenters. The van der Waals surface area contributed by atoms with Gasteiger partial charge in [-0.15, -0.1) is 0 Å². The molecule has 2 aromatic carbocycles. The fourth-order valence-electron chi connectivity index (χ4n) is 3.70. The standard InChI is InChI=1S/C21H18N2O2/c1-24-15-7-4-6-14(11-15)19-17-10-9-13-5-2-3-8-16(13)20(17)25-21(23)18(19)12-22/h2-8,11,19H,9-10,23H2,1H3. The first-order valence-corrected chi connectivity index (χ1v) is 8.25. The molecule has 0 radical (unpaired) electrons. The zero-order chi connectivity index (χ0) is 17.4. The average Bonchev–Trinajstić information content (AvgIpc) is 2.67. The molecule has 4 rings (SSSR count). The molecule has 0 amide bonds. The van der Waals surface area contributed by atoms with E-state index < -0.39 is 0 Å². The molecule has 4 heteroatoms. The number of hydrogen-bond acceptors (Lipinski definition) is 4. The summed E-state index contributed by atoms with van der Waals surface area (Å²) in [6.07, 6.45) is 1.77. The molecule has 0 fully saturated rings. The van der Waals surface area contributed by atoms with Crippen LogP contribution >= 0.6 is 0 Å². The fraction of sp³-hybridized carbons (Fsp3) is 0.190. The van der Waals surface area contributed by atoms with Gasteiger partial charge in [0.15, 0.2) is 0 Å². The maximum atomic E-state index is 9.68. The highest BCUT2D eigenvalue weighted by molar-refractivity contribution is 5.74. The van der Waals surface area contributed by atoms with E-state index in [0.717, 1.165) is 41.1 Å². The van der Waals surface area contributed by atoms with Crippen molar-refractivity contribution in [1.29, 1.82) is 5.26 Å². The highest BCUT2D eigenvalue weighted by Gasteiger charge is 2.35. The van der Waals surface area contributed by atoms with Crippen LogP contribution in [0.15, 0.2) is 65.6 Å². The number of allylic oxidation sites excluding steroid dienone is 2. The van der Waals surface area contributed by atoms with Crippen molar-refractivity contribution in [3.05, 3.63) is 82.3 Å². The van der Waals surface area contributed by atoms with Gasteiger partial charge in [0.2, 0.25) is 5.88 Å². The Balaban J connectivity index is 1.91. The van der Waals surface area contributed by atoms with Gasteiger partial charge in [-0.2, -0.15) is 5.26 Å². The summed E-state index contributed by atoms with van der Waals surface area (Å²) in [7, 11) is 1.64. The number of rotatable bonds is 2. The largest absolute Gasteiger partial charge is 0.497 e. The smallest absolute Gasteiger partial charge is 0.205 e. The van der Waals surface area contributed by atoms with Crippen molar-refractivity contribution >= 4 is 5.76 Å². The Morgan fingerprint density at radius 3 is 2.80 bits per heavy atom. The van der Waals surface area contributed by atoms with Crippen molar-refractivity contribution in [1.82, 2.24) is 0 Å². The third-order valence-corrected chi connectivity index (χ3v) is 4.88. The SMILES string of the molecule is COc1cccc(C2C(C#N)=C(N)OC3=C2CCc2ccccc23)c1. The summed E-state index contributed by atoms with van der Waals surface area (Å²) in [6.45, 7) is 0. The van der Waals surface area contributed by atoms with Crippen molar-refractivity contribution < 1.29 is 9.47 Å². The van der Waals surface area contributed by atoms with Gasteiger partial charge in [-0.05, 0) is 41.7 Å². The molecule has 0 spiro atoms. The van der Waals surface area contributed by atoms with Crippen LogP contribution in [0.25, 0.3) is 5.76 Å². The summed E-state index contributed by atoms with van der Waals surface area (Å²) >= 11 is 0. The van der Waals surface area contributed by atoms with E-state index >= 15 is 0 Å². The first kappa shape index (κ1) is 15.3. The molecule has 4 nitrogen and oxygen atoms in total. The van der Waals surface area contributed by atoms with Gasteiger partial charge in [-0.3, -0.25) is 0 Å². The van der Waals surface area contributed by atoms with E-state index in [2.05, 4.69) is 18.2 Å². The number of nitriles is 1. The van der Waals surface area contributed by atoms with Gasteiger partial charge >= 0.3 is 0 Å². The highest BCUT2D eigenvalue weighted by atomic mass is 16.5. The first-order chi connectivity index (χ1) is 12.2. The zero-order valence-corrected chi connectivity index (χ0v) is 14.0. The minimum Gasteiger partial charge on any atom is -0.497 e. The molecule has 0 aromatic heterocycles. The lowest BCUT2D eigenvalue weighted by Gasteiger charge is -2.33. The molecule has 1 aliphatic carbocycles. The summed E-state index contributed by atoms with van der Waals surface area (Å²) in [4.78, 5) is 0. The number of ether oxygens (including phenoxy) is 2. The number of nitrogens with two attached hydrogens (primary N) is 1. The van der Waals surface area contributed by atoms with Crippen LogP contribution in [0.3, 0.4) is 0 Å². The van der Waals surface area contributed by atoms with Crippen LogP contribution < -0.4 is 10.5 Å². The summed E-state index contributed by atoms with van der Waals surface area (Å²) in [5.74, 6) is 1.55. The third-order valence-electron chi connectivity index (χ3n) is 4.88. The molecule has 124 valence electrons. The molecular formula is C21H18N2O2. The number of aryl methyl sites for hydroxylation is 1. The van der Waals surface area contributed by atoms with Crippen molar-refractivity contribution in [2.45, 2.75) is 18.8 Å². The van der Waals surface area contributed by atoms with Gasteiger partial charge in [0.1, 0.15) is 23.2 Å². The second-order valence-electron chi connectivity index (χ2n) is 6.21. The summed E-state index contributed by atoms with van der Waals surface area (Å²) < 4.78 is 11.3. The Hall–Kier alpha value is -3.19. The maximum Gasteiger partial charge on any atom is 0.205 e. The molecule has 0 saturated heterocycles. The molecule has 1 aliphatic heterocycles. The lowest BCUT2D eigenvalue weighted by atomic mass is 9.76. The van der Waals surface area contributed by atoms with E-state index in [1.807, 2.05) is 36.4 Å². The van der Waals surface area contributed by atoms with E-state index in [-0.39, 0.29) is 11.8 Å². The van der Waals surface area contributed by atoms with Crippen LogP contribution in [0.1, 0.15) is 29.0 Å². The van der Waals surface area contributed by atoms with Gasteiger partial charge in [0.25, 0.3) is 0 Å². The van der Waals surface area contributed by atoms with E-state index in [0.29, 0.717) is 5.57 Å². The Labute approximate surface area is 146 Å². The third kappa shape index (κ3) is 2.45. The first-order valence-electron chi connectivity index (χ1n) is 8.25. The van der Waals surface area contributed by atoms with Crippen LogP contribution in [0, 0.1) is 11.3 Å². The molecule has 25 heavy (non-hydrogen) atoms. The molecule has 2 aromatic rings. The van der Waals surface area contributed by atoms with Crippen LogP contribution in [0.4, 0.5) is 0 Å². The molecule has 2 aliphatic rings. The second kappa shape index (κ2) is 6.03. The summed E-state index contributed by atoms with van der Waals surface area (Å²) in [6, 6.07) is 18.3. The molecule has 0 bridgehead atoms. The molecular weight excluding hydrogens is 312 g/mol. The minimum atomic E-state index is -0.197. The number of fused-ring (bicyclic) bond motifs is 2. The summed E-state index contributed by atoms with van der Waals surface area (Å²) in [5, 5.41) is 9.68. The lowest BCUT2D eigenvalue weighted by molar-refractivity contribution is 0.349. The van der Waals surface area contributed by atoms with E-state index in [1.54, 1.807) is 7.11 Å². The predicted molar refractivity (Wildman–Crippen MR) is 95.3 cm³/mol. The van der Waals surface area contributed by atoms with Gasteiger partial charge < -0.3 is 15.2 Å². The van der Waals surface area contributed by atoms with E-state index in [1.165, 1.54) is 5.56 Å². The minimum absolute atomic E-state index is 0.186. The zero-order valence-electron chi connectivity index (χ0n) is 14.0. The topological polar surface area (TPSA) is 68.3 Å². The number of benzene rings is 2. The second-order valence-corrected chi connectivity index (χ2v) is 6.21. The van der Waals surface area contributed by atoms with Crippen molar-refractivity contribution in [3.8, 4) is 11.8 Å². The number of hydrogen-bond donors (Lipinski definition) is 1. The lowest BCUT2D eigenvalue weighted by Crippen LogP contribution is -2.23. The molecule has 2 N–H and O–H groups in total. The van der Waals surface area contributed by atoms with Crippen LogP contribution in [0.2, 0.25) is 0 Å². The number of nitrogens with zero attached hydrogens (tertiary/aromatic N) is 1. The van der Waals surface area contributed by atoms with Crippen molar-refractivity contribution in [2.75, 3.05) is 7.11 Å². The average molecular weight is 330 g/mol. The normalized spacial score (nSPS) is 18.8. The number of methoxy groups -OCH3 is 1. The Morgan fingerprint density at radius 1 is 1.16 bits per heavy atom. The summed E-state index contributed by atoms with van der Waals surface area (Å²) in [5.41, 5.74) is 11.0. The Bertz CT molecular complexity index is 950. The van der Waals surface area contributed by atoms with Crippen LogP contribution in [-0.4, -0.2) is 7.11 Å². The van der Waals surface area contributed by atoms with Crippen molar-refractivity contribution in [2.24, 2.45) is 5.73 Å². The maximum absolute atomic E-state index is 9.68. The Kier molecular flexibility index (Phi) is 3.70. The molecule has 0 saturated carbocycles. The Morgan fingerprint density at radius 2 is 2.00 bits per heavy atom. The van der Waals surface area contributed by atoms with Gasteiger partial charge in [-0.1, -0.05) is 36.4 Å². The molecule has 1 heterocycles. The van der Waals surface area contributed by atoms with Gasteiger partial charge in [0.05, 0.1) is 7.11 Å². The van der Waals surface area contributed by atoms with Gasteiger partial charge in [-0.25, -0.2) is 0 Å². The van der Waals surface area contributed by atoms with Gasteiger partial charge in [0, 0.05) is 11.5 Å². The predicted octanol–water partition coefficient (Wildman–Crippen LogP) is 3.86. The van der Waals surface area contributed by atoms with E-state index in [4.69, 9.17) is 15.2 Å². The quantitative estimate of drug-likeness (QED) is 0.908. The van der Waals surface area contributed by atoms with Crippen LogP contribution in [0.5, 0.6) is 5.75 Å². The molecule has 1 atom stereocenters. The fourth-order valence-corrected chi connectivity index (χ4v) is 3.70. The van der Waals surface area contributed by atoms with Crippen molar-refractivity contribution in [3.63, 3.8) is 0 Å².